The van der Waals surface area contributed by atoms with E-state index in [4.69, 9.17) is 17.3 Å². The molecule has 1 atom stereocenters. The minimum Gasteiger partial charge on any atom is -0.369 e. The van der Waals surface area contributed by atoms with Crippen molar-refractivity contribution in [3.63, 3.8) is 0 Å². The maximum absolute atomic E-state index is 11.8. The number of rotatable bonds is 5. The fourth-order valence-electron chi connectivity index (χ4n) is 2.10. The Hall–Kier alpha value is -2.01. The molecule has 1 amide bonds. The molecule has 0 aliphatic carbocycles. The molecule has 106 valence electrons. The van der Waals surface area contributed by atoms with Crippen LogP contribution in [0.25, 0.3) is 0 Å². The van der Waals surface area contributed by atoms with Crippen LogP contribution in [0.3, 0.4) is 0 Å². The van der Waals surface area contributed by atoms with Gasteiger partial charge in [-0.25, -0.2) is 0 Å². The van der Waals surface area contributed by atoms with Crippen molar-refractivity contribution in [2.45, 2.75) is 19.4 Å². The monoisotopic (exact) mass is 292 g/mol. The first-order valence-electron chi connectivity index (χ1n) is 6.35. The normalized spacial score (nSPS) is 12.2. The van der Waals surface area contributed by atoms with Crippen LogP contribution in [0, 0.1) is 0 Å². The minimum atomic E-state index is -0.654. The molecule has 5 nitrogen and oxygen atoms in total. The maximum atomic E-state index is 11.8. The Balaban J connectivity index is 2.37. The first-order chi connectivity index (χ1) is 9.52. The van der Waals surface area contributed by atoms with Crippen molar-refractivity contribution in [2.75, 3.05) is 5.32 Å². The van der Waals surface area contributed by atoms with E-state index in [0.717, 1.165) is 17.7 Å². The summed E-state index contributed by atoms with van der Waals surface area (Å²) in [4.78, 5) is 11.8. The number of carbonyl (C=O) groups is 1. The van der Waals surface area contributed by atoms with Crippen molar-refractivity contribution in [3.05, 3.63) is 46.7 Å². The van der Waals surface area contributed by atoms with Crippen LogP contribution in [0.15, 0.2) is 30.5 Å². The number of aromatic nitrogens is 2. The van der Waals surface area contributed by atoms with Gasteiger partial charge in [-0.15, -0.1) is 0 Å². The van der Waals surface area contributed by atoms with Crippen LogP contribution in [0.5, 0.6) is 0 Å². The summed E-state index contributed by atoms with van der Waals surface area (Å²) in [5, 5.41) is 7.97. The first-order valence-corrected chi connectivity index (χ1v) is 6.73. The van der Waals surface area contributed by atoms with E-state index in [1.807, 2.05) is 26.1 Å². The van der Waals surface area contributed by atoms with E-state index in [0.29, 0.717) is 10.7 Å². The molecule has 3 N–H and O–H groups in total. The Bertz CT molecular complexity index is 623. The summed E-state index contributed by atoms with van der Waals surface area (Å²) in [5.41, 5.74) is 7.81. The van der Waals surface area contributed by atoms with Gasteiger partial charge >= 0.3 is 0 Å². The standard InChI is InChI=1S/C14H17ClN4O/c1-3-11-9(8-19(2)18-11)13(14(16)20)17-12-7-5-4-6-10(12)15/h4-8,13,17H,3H2,1-2H3,(H2,16,20). The Morgan fingerprint density at radius 2 is 2.20 bits per heavy atom. The second-order valence-corrected chi connectivity index (χ2v) is 4.93. The van der Waals surface area contributed by atoms with E-state index in [1.54, 1.807) is 23.0 Å². The molecular weight excluding hydrogens is 276 g/mol. The van der Waals surface area contributed by atoms with Crippen molar-refractivity contribution in [1.82, 2.24) is 9.78 Å². The van der Waals surface area contributed by atoms with Gasteiger partial charge < -0.3 is 11.1 Å². The number of nitrogens with zero attached hydrogens (tertiary/aromatic N) is 2. The van der Waals surface area contributed by atoms with Crippen molar-refractivity contribution < 1.29 is 4.79 Å². The van der Waals surface area contributed by atoms with Crippen molar-refractivity contribution in [1.29, 1.82) is 0 Å². The fraction of sp³-hybridized carbons (Fsp3) is 0.286. The van der Waals surface area contributed by atoms with Crippen molar-refractivity contribution in [2.24, 2.45) is 12.8 Å². The fourth-order valence-corrected chi connectivity index (χ4v) is 2.29. The maximum Gasteiger partial charge on any atom is 0.244 e. The quantitative estimate of drug-likeness (QED) is 0.888. The lowest BCUT2D eigenvalue weighted by atomic mass is 10.1. The number of aryl methyl sites for hydroxylation is 2. The molecule has 1 aromatic heterocycles. The molecule has 0 fully saturated rings. The molecule has 6 heteroatoms. The van der Waals surface area contributed by atoms with Gasteiger partial charge in [0.1, 0.15) is 6.04 Å². The van der Waals surface area contributed by atoms with E-state index in [-0.39, 0.29) is 0 Å². The Labute approximate surface area is 122 Å². The van der Waals surface area contributed by atoms with Crippen molar-refractivity contribution in [3.8, 4) is 0 Å². The summed E-state index contributed by atoms with van der Waals surface area (Å²) < 4.78 is 1.68. The Morgan fingerprint density at radius 3 is 2.80 bits per heavy atom. The number of amides is 1. The average Bonchev–Trinajstić information content (AvgIpc) is 2.78. The topological polar surface area (TPSA) is 72.9 Å². The Kier molecular flexibility index (Phi) is 4.29. The third-order valence-electron chi connectivity index (χ3n) is 3.04. The summed E-state index contributed by atoms with van der Waals surface area (Å²) in [7, 11) is 1.82. The van der Waals surface area contributed by atoms with E-state index >= 15 is 0 Å². The summed E-state index contributed by atoms with van der Waals surface area (Å²) in [6.45, 7) is 1.99. The predicted molar refractivity (Wildman–Crippen MR) is 79.6 cm³/mol. The second kappa shape index (κ2) is 5.96. The predicted octanol–water partition coefficient (Wildman–Crippen LogP) is 2.27. The molecule has 0 spiro atoms. The molecule has 1 unspecified atom stereocenters. The molecule has 20 heavy (non-hydrogen) atoms. The number of hydrogen-bond donors (Lipinski definition) is 2. The lowest BCUT2D eigenvalue weighted by Gasteiger charge is -2.17. The van der Waals surface area contributed by atoms with Crippen LogP contribution >= 0.6 is 11.6 Å². The third-order valence-corrected chi connectivity index (χ3v) is 3.37. The number of para-hydroxylation sites is 1. The van der Waals surface area contributed by atoms with Gasteiger partial charge in [0.2, 0.25) is 5.91 Å². The number of benzene rings is 1. The molecule has 1 heterocycles. The SMILES string of the molecule is CCc1nn(C)cc1C(Nc1ccccc1Cl)C(N)=O. The first kappa shape index (κ1) is 14.4. The molecular formula is C14H17ClN4O. The van der Waals surface area contributed by atoms with Gasteiger partial charge in [-0.3, -0.25) is 9.48 Å². The van der Waals surface area contributed by atoms with Gasteiger partial charge in [-0.05, 0) is 18.6 Å². The number of primary amides is 1. The highest BCUT2D eigenvalue weighted by Gasteiger charge is 2.23. The zero-order valence-corrected chi connectivity index (χ0v) is 12.2. The average molecular weight is 293 g/mol. The van der Waals surface area contributed by atoms with Gasteiger partial charge in [0.15, 0.2) is 0 Å². The summed E-state index contributed by atoms with van der Waals surface area (Å²) in [5.74, 6) is -0.465. The zero-order chi connectivity index (χ0) is 14.7. The molecule has 0 aliphatic rings. The van der Waals surface area contributed by atoms with Crippen LogP contribution < -0.4 is 11.1 Å². The molecule has 2 rings (SSSR count). The zero-order valence-electron chi connectivity index (χ0n) is 11.4. The van der Waals surface area contributed by atoms with Gasteiger partial charge in [-0.1, -0.05) is 30.7 Å². The van der Waals surface area contributed by atoms with E-state index < -0.39 is 11.9 Å². The largest absolute Gasteiger partial charge is 0.369 e. The number of nitrogens with one attached hydrogen (secondary N) is 1. The molecule has 1 aromatic carbocycles. The van der Waals surface area contributed by atoms with Gasteiger partial charge in [0.05, 0.1) is 16.4 Å². The van der Waals surface area contributed by atoms with Crippen LogP contribution in [-0.4, -0.2) is 15.7 Å². The van der Waals surface area contributed by atoms with Crippen LogP contribution in [-0.2, 0) is 18.3 Å². The van der Waals surface area contributed by atoms with Gasteiger partial charge in [0.25, 0.3) is 0 Å². The van der Waals surface area contributed by atoms with Gasteiger partial charge in [0, 0.05) is 18.8 Å². The highest BCUT2D eigenvalue weighted by molar-refractivity contribution is 6.33. The van der Waals surface area contributed by atoms with Crippen LogP contribution in [0.2, 0.25) is 5.02 Å². The lowest BCUT2D eigenvalue weighted by Crippen LogP contribution is -2.28. The van der Waals surface area contributed by atoms with E-state index in [9.17, 15) is 4.79 Å². The molecule has 0 bridgehead atoms. The number of hydrogen-bond acceptors (Lipinski definition) is 3. The highest BCUT2D eigenvalue weighted by atomic mass is 35.5. The molecule has 2 aromatic rings. The number of anilines is 1. The molecule has 0 radical (unpaired) electrons. The number of nitrogens with two attached hydrogens (primary N) is 1. The van der Waals surface area contributed by atoms with Crippen molar-refractivity contribution >= 4 is 23.2 Å². The summed E-state index contributed by atoms with van der Waals surface area (Å²) in [6.07, 6.45) is 2.53. The number of carbonyl (C=O) groups excluding carboxylic acids is 1. The number of halogens is 1. The Morgan fingerprint density at radius 1 is 1.50 bits per heavy atom. The van der Waals surface area contributed by atoms with Crippen LogP contribution in [0.4, 0.5) is 5.69 Å². The summed E-state index contributed by atoms with van der Waals surface area (Å²) >= 11 is 6.10. The third kappa shape index (κ3) is 2.93. The summed E-state index contributed by atoms with van der Waals surface area (Å²) in [6, 6.07) is 6.58. The second-order valence-electron chi connectivity index (χ2n) is 4.52. The smallest absolute Gasteiger partial charge is 0.244 e. The van der Waals surface area contributed by atoms with Crippen LogP contribution in [0.1, 0.15) is 24.2 Å². The molecule has 0 saturated heterocycles. The highest BCUT2D eigenvalue weighted by Crippen LogP contribution is 2.27. The van der Waals surface area contributed by atoms with E-state index in [2.05, 4.69) is 10.4 Å². The molecule has 0 aliphatic heterocycles. The lowest BCUT2D eigenvalue weighted by molar-refractivity contribution is -0.118. The van der Waals surface area contributed by atoms with Gasteiger partial charge in [-0.2, -0.15) is 5.10 Å². The van der Waals surface area contributed by atoms with E-state index in [1.165, 1.54) is 0 Å². The molecule has 0 saturated carbocycles. The minimum absolute atomic E-state index is 0.465.